The monoisotopic (exact) mass is 444 g/mol. The van der Waals surface area contributed by atoms with Gasteiger partial charge in [-0.15, -0.1) is 11.3 Å². The van der Waals surface area contributed by atoms with Crippen LogP contribution in [0.2, 0.25) is 0 Å². The van der Waals surface area contributed by atoms with Crippen molar-refractivity contribution in [3.8, 4) is 0 Å². The van der Waals surface area contributed by atoms with Crippen LogP contribution in [0.1, 0.15) is 33.0 Å². The Labute approximate surface area is 182 Å². The summed E-state index contributed by atoms with van der Waals surface area (Å²) in [6.45, 7) is 2.97. The zero-order chi connectivity index (χ0) is 21.1. The molecule has 1 aromatic carbocycles. The number of H-pyrrole nitrogens is 1. The lowest BCUT2D eigenvalue weighted by atomic mass is 10.2. The summed E-state index contributed by atoms with van der Waals surface area (Å²) in [6, 6.07) is 8.56. The molecule has 0 spiro atoms. The van der Waals surface area contributed by atoms with E-state index in [1.54, 1.807) is 0 Å². The molecule has 9 heteroatoms. The Morgan fingerprint density at radius 1 is 1.27 bits per heavy atom. The topological polar surface area (TPSA) is 112 Å². The quantitative estimate of drug-likeness (QED) is 0.569. The highest BCUT2D eigenvalue weighted by molar-refractivity contribution is 7.99. The van der Waals surface area contributed by atoms with E-state index in [1.165, 1.54) is 52.1 Å². The number of anilines is 1. The minimum Gasteiger partial charge on any atom is -0.475 e. The third kappa shape index (κ3) is 4.38. The molecule has 158 valence electrons. The van der Waals surface area contributed by atoms with Gasteiger partial charge in [0.05, 0.1) is 5.39 Å². The van der Waals surface area contributed by atoms with Crippen molar-refractivity contribution in [2.24, 2.45) is 5.73 Å². The number of hydrogen-bond donors (Lipinski definition) is 3. The second kappa shape index (κ2) is 9.20. The number of aryl methyl sites for hydroxylation is 2. The van der Waals surface area contributed by atoms with E-state index >= 15 is 0 Å². The molecule has 4 N–H and O–H groups in total. The summed E-state index contributed by atoms with van der Waals surface area (Å²) in [5, 5.41) is 9.37. The Morgan fingerprint density at radius 3 is 2.80 bits per heavy atom. The number of fused-ring (bicyclic) bond motifs is 3. The lowest BCUT2D eigenvalue weighted by Gasteiger charge is -2.28. The molecule has 2 aliphatic rings. The van der Waals surface area contributed by atoms with Crippen LogP contribution >= 0.6 is 23.1 Å². The van der Waals surface area contributed by atoms with Crippen LogP contribution in [-0.2, 0) is 19.4 Å². The number of aromatic amines is 1. The van der Waals surface area contributed by atoms with Crippen LogP contribution in [0.15, 0.2) is 29.1 Å². The molecule has 0 bridgehead atoms. The summed E-state index contributed by atoms with van der Waals surface area (Å²) in [7, 11) is 0. The number of carbonyl (C=O) groups is 1. The van der Waals surface area contributed by atoms with E-state index in [1.807, 2.05) is 11.8 Å². The van der Waals surface area contributed by atoms with E-state index in [-0.39, 0.29) is 11.4 Å². The van der Waals surface area contributed by atoms with Gasteiger partial charge in [-0.3, -0.25) is 4.79 Å². The zero-order valence-electron chi connectivity index (χ0n) is 16.5. The Morgan fingerprint density at radius 2 is 2.07 bits per heavy atom. The average molecular weight is 445 g/mol. The van der Waals surface area contributed by atoms with Gasteiger partial charge in [-0.05, 0) is 42.5 Å². The number of carboxylic acid groups (broad SMARTS) is 1. The Bertz CT molecular complexity index is 1120. The van der Waals surface area contributed by atoms with Crippen molar-refractivity contribution in [1.82, 2.24) is 9.97 Å². The van der Waals surface area contributed by atoms with E-state index in [0.29, 0.717) is 16.8 Å². The standard InChI is InChI=1S/C11H16N2S.C10H8N2O3S/c12-9-10-2-1-3-11(8-10)13-4-6-14-7-5-13;13-8-6-4-2-1-3-5(4)16-9(6)12-7(11-8)10(14)15/h1-3,8H,4-7,9,12H2;1-3H2,(H,14,15)(H,11,12,13). The average Bonchev–Trinajstić information content (AvgIpc) is 3.36. The third-order valence-corrected chi connectivity index (χ3v) is 7.43. The first kappa shape index (κ1) is 20.9. The van der Waals surface area contributed by atoms with Crippen molar-refractivity contribution >= 4 is 45.0 Å². The van der Waals surface area contributed by atoms with Gasteiger partial charge in [0, 0.05) is 41.7 Å². The molecular weight excluding hydrogens is 420 g/mol. The fourth-order valence-electron chi connectivity index (χ4n) is 3.81. The van der Waals surface area contributed by atoms with Gasteiger partial charge < -0.3 is 20.7 Å². The molecule has 5 rings (SSSR count). The second-order valence-electron chi connectivity index (χ2n) is 7.23. The Hall–Kier alpha value is -2.36. The maximum Gasteiger partial charge on any atom is 0.372 e. The molecule has 1 fully saturated rings. The number of thioether (sulfide) groups is 1. The number of nitrogens with two attached hydrogens (primary N) is 1. The first-order valence-corrected chi connectivity index (χ1v) is 11.9. The summed E-state index contributed by atoms with van der Waals surface area (Å²) < 4.78 is 0. The molecule has 0 atom stereocenters. The van der Waals surface area contributed by atoms with Crippen LogP contribution < -0.4 is 16.2 Å². The van der Waals surface area contributed by atoms with Gasteiger partial charge in [-0.2, -0.15) is 11.8 Å². The highest BCUT2D eigenvalue weighted by Crippen LogP contribution is 2.34. The molecule has 2 aromatic heterocycles. The molecule has 0 amide bonds. The maximum absolute atomic E-state index is 11.8. The van der Waals surface area contributed by atoms with Gasteiger partial charge in [0.2, 0.25) is 5.82 Å². The number of nitrogens with one attached hydrogen (secondary N) is 1. The van der Waals surface area contributed by atoms with E-state index < -0.39 is 5.97 Å². The minimum atomic E-state index is -1.20. The van der Waals surface area contributed by atoms with Crippen molar-refractivity contribution in [2.75, 3.05) is 29.5 Å². The summed E-state index contributed by atoms with van der Waals surface area (Å²) in [5.74, 6) is 1.00. The summed E-state index contributed by atoms with van der Waals surface area (Å²) >= 11 is 3.47. The van der Waals surface area contributed by atoms with Crippen molar-refractivity contribution in [2.45, 2.75) is 25.8 Å². The normalized spacial score (nSPS) is 15.6. The predicted octanol–water partition coefficient (Wildman–Crippen LogP) is 2.87. The van der Waals surface area contributed by atoms with Crippen molar-refractivity contribution < 1.29 is 9.90 Å². The van der Waals surface area contributed by atoms with Gasteiger partial charge in [0.15, 0.2) is 0 Å². The van der Waals surface area contributed by atoms with Crippen LogP contribution in [-0.4, -0.2) is 45.6 Å². The largest absolute Gasteiger partial charge is 0.475 e. The van der Waals surface area contributed by atoms with E-state index in [4.69, 9.17) is 10.8 Å². The minimum absolute atomic E-state index is 0.280. The maximum atomic E-state index is 11.8. The molecule has 3 aromatic rings. The SMILES string of the molecule is NCc1cccc(N2CCSCC2)c1.O=C(O)c1nc2sc3c(c2c(=O)[nH]1)CCC3. The van der Waals surface area contributed by atoms with E-state index in [9.17, 15) is 9.59 Å². The number of benzene rings is 1. The summed E-state index contributed by atoms with van der Waals surface area (Å²) in [4.78, 5) is 32.9. The van der Waals surface area contributed by atoms with Crippen molar-refractivity contribution in [3.05, 3.63) is 56.4 Å². The number of aromatic carboxylic acids is 1. The number of aromatic nitrogens is 2. The molecule has 1 saturated heterocycles. The van der Waals surface area contributed by atoms with Gasteiger partial charge in [0.1, 0.15) is 4.83 Å². The summed E-state index contributed by atoms with van der Waals surface area (Å²) in [6.07, 6.45) is 2.93. The van der Waals surface area contributed by atoms with Crippen LogP contribution in [0.25, 0.3) is 10.2 Å². The molecule has 0 unspecified atom stereocenters. The third-order valence-electron chi connectivity index (χ3n) is 5.30. The molecule has 0 saturated carbocycles. The smallest absolute Gasteiger partial charge is 0.372 e. The molecule has 30 heavy (non-hydrogen) atoms. The fourth-order valence-corrected chi connectivity index (χ4v) is 5.97. The lowest BCUT2D eigenvalue weighted by Crippen LogP contribution is -2.32. The van der Waals surface area contributed by atoms with Gasteiger partial charge in [-0.25, -0.2) is 9.78 Å². The van der Waals surface area contributed by atoms with Gasteiger partial charge in [-0.1, -0.05) is 12.1 Å². The van der Waals surface area contributed by atoms with Crippen LogP contribution in [0, 0.1) is 0 Å². The zero-order valence-corrected chi connectivity index (χ0v) is 18.2. The van der Waals surface area contributed by atoms with Gasteiger partial charge in [0.25, 0.3) is 5.56 Å². The number of hydrogen-bond acceptors (Lipinski definition) is 7. The molecule has 0 radical (unpaired) electrons. The van der Waals surface area contributed by atoms with Crippen LogP contribution in [0.4, 0.5) is 5.69 Å². The number of thiophene rings is 1. The van der Waals surface area contributed by atoms with Crippen LogP contribution in [0.5, 0.6) is 0 Å². The highest BCUT2D eigenvalue weighted by atomic mass is 32.2. The predicted molar refractivity (Wildman–Crippen MR) is 123 cm³/mol. The van der Waals surface area contributed by atoms with E-state index in [0.717, 1.165) is 24.8 Å². The first-order chi connectivity index (χ1) is 14.6. The fraction of sp³-hybridized carbons (Fsp3) is 0.381. The van der Waals surface area contributed by atoms with Crippen molar-refractivity contribution in [1.29, 1.82) is 0 Å². The van der Waals surface area contributed by atoms with Crippen LogP contribution in [0.3, 0.4) is 0 Å². The molecule has 1 aliphatic carbocycles. The molecule has 1 aliphatic heterocycles. The Balaban J connectivity index is 0.000000147. The lowest BCUT2D eigenvalue weighted by molar-refractivity contribution is 0.0683. The number of nitrogens with zero attached hydrogens (tertiary/aromatic N) is 2. The summed E-state index contributed by atoms with van der Waals surface area (Å²) in [5.41, 5.74) is 8.90. The molecular formula is C21H24N4O3S2. The molecule has 7 nitrogen and oxygen atoms in total. The van der Waals surface area contributed by atoms with Crippen molar-refractivity contribution in [3.63, 3.8) is 0 Å². The Kier molecular flexibility index (Phi) is 6.40. The molecule has 3 heterocycles. The first-order valence-electron chi connectivity index (χ1n) is 9.96. The number of rotatable bonds is 3. The second-order valence-corrected chi connectivity index (χ2v) is 9.54. The number of carboxylic acids is 1. The van der Waals surface area contributed by atoms with Gasteiger partial charge >= 0.3 is 5.97 Å². The van der Waals surface area contributed by atoms with E-state index in [2.05, 4.69) is 39.1 Å². The highest BCUT2D eigenvalue weighted by Gasteiger charge is 2.22.